The van der Waals surface area contributed by atoms with Crippen LogP contribution in [0.3, 0.4) is 0 Å². The predicted octanol–water partition coefficient (Wildman–Crippen LogP) is 3.60. The molecule has 1 aromatic heterocycles. The van der Waals surface area contributed by atoms with Crippen LogP contribution in [0, 0.1) is 17.2 Å². The quantitative estimate of drug-likeness (QED) is 0.800. The number of aromatic nitrogens is 1. The van der Waals surface area contributed by atoms with E-state index in [2.05, 4.69) is 11.1 Å². The van der Waals surface area contributed by atoms with E-state index in [1.807, 2.05) is 29.3 Å². The summed E-state index contributed by atoms with van der Waals surface area (Å²) in [6.45, 7) is 1.56. The average molecular weight is 337 g/mol. The first-order chi connectivity index (χ1) is 11.8. The zero-order valence-electron chi connectivity index (χ0n) is 13.4. The molecule has 1 fully saturated rings. The molecule has 0 radical (unpaired) electrons. The molecule has 0 aliphatic carbocycles. The number of pyridine rings is 1. The van der Waals surface area contributed by atoms with Crippen molar-refractivity contribution in [3.8, 4) is 6.07 Å². The number of rotatable bonds is 4. The second-order valence-corrected chi connectivity index (χ2v) is 6.95. The summed E-state index contributed by atoms with van der Waals surface area (Å²) in [5.74, 6) is 1.69. The largest absolute Gasteiger partial charge is 0.339 e. The van der Waals surface area contributed by atoms with Gasteiger partial charge in [-0.3, -0.25) is 4.79 Å². The average Bonchev–Trinajstić information content (AvgIpc) is 2.67. The Morgan fingerprint density at radius 1 is 1.25 bits per heavy atom. The van der Waals surface area contributed by atoms with Gasteiger partial charge in [-0.2, -0.15) is 5.26 Å². The number of benzene rings is 1. The van der Waals surface area contributed by atoms with Gasteiger partial charge in [0.25, 0.3) is 5.91 Å². The van der Waals surface area contributed by atoms with E-state index in [9.17, 15) is 4.79 Å². The molecule has 1 amide bonds. The van der Waals surface area contributed by atoms with E-state index in [0.29, 0.717) is 17.0 Å². The standard InChI is InChI=1S/C19H19N3OS/c20-13-16-4-3-5-17(12-16)19(23)22-10-7-15(8-11-22)14-24-18-6-1-2-9-21-18/h1-6,9,12,15H,7-8,10-11,14H2. The number of carbonyl (C=O) groups excluding carboxylic acids is 1. The number of likely N-dealkylation sites (tertiary alicyclic amines) is 1. The second kappa shape index (κ2) is 7.98. The molecule has 1 aliphatic rings. The SMILES string of the molecule is N#Cc1cccc(C(=O)N2CCC(CSc3ccccn3)CC2)c1. The number of nitrogens with zero attached hydrogens (tertiary/aromatic N) is 3. The van der Waals surface area contributed by atoms with Crippen molar-refractivity contribution in [3.63, 3.8) is 0 Å². The predicted molar refractivity (Wildman–Crippen MR) is 94.7 cm³/mol. The summed E-state index contributed by atoms with van der Waals surface area (Å²) in [6, 6.07) is 15.0. The fraction of sp³-hybridized carbons (Fsp3) is 0.316. The Morgan fingerprint density at radius 3 is 2.79 bits per heavy atom. The van der Waals surface area contributed by atoms with Gasteiger partial charge in [0.1, 0.15) is 0 Å². The van der Waals surface area contributed by atoms with Crippen LogP contribution in [0.25, 0.3) is 0 Å². The molecule has 0 saturated carbocycles. The molecule has 2 heterocycles. The number of nitriles is 1. The highest BCUT2D eigenvalue weighted by atomic mass is 32.2. The molecule has 0 spiro atoms. The number of hydrogen-bond donors (Lipinski definition) is 0. The van der Waals surface area contributed by atoms with Gasteiger partial charge in [0.15, 0.2) is 0 Å². The van der Waals surface area contributed by atoms with Crippen molar-refractivity contribution in [3.05, 3.63) is 59.8 Å². The fourth-order valence-corrected chi connectivity index (χ4v) is 3.89. The lowest BCUT2D eigenvalue weighted by Gasteiger charge is -2.32. The molecule has 3 rings (SSSR count). The van der Waals surface area contributed by atoms with E-state index in [-0.39, 0.29) is 5.91 Å². The molecule has 5 heteroatoms. The monoisotopic (exact) mass is 337 g/mol. The topological polar surface area (TPSA) is 57.0 Å². The molecule has 122 valence electrons. The smallest absolute Gasteiger partial charge is 0.253 e. The highest BCUT2D eigenvalue weighted by molar-refractivity contribution is 7.99. The van der Waals surface area contributed by atoms with Crippen LogP contribution in [0.4, 0.5) is 0 Å². The Bertz CT molecular complexity index is 734. The van der Waals surface area contributed by atoms with Gasteiger partial charge >= 0.3 is 0 Å². The maximum absolute atomic E-state index is 12.6. The number of carbonyl (C=O) groups is 1. The third-order valence-electron chi connectivity index (χ3n) is 4.25. The van der Waals surface area contributed by atoms with Crippen molar-refractivity contribution in [2.75, 3.05) is 18.8 Å². The first-order valence-corrected chi connectivity index (χ1v) is 9.08. The molecule has 1 aliphatic heterocycles. The molecule has 0 bridgehead atoms. The minimum atomic E-state index is 0.0305. The molecule has 4 nitrogen and oxygen atoms in total. The molecular weight excluding hydrogens is 318 g/mol. The Balaban J connectivity index is 1.51. The number of thioether (sulfide) groups is 1. The summed E-state index contributed by atoms with van der Waals surface area (Å²) in [5, 5.41) is 10.0. The molecular formula is C19H19N3OS. The van der Waals surface area contributed by atoms with Gasteiger partial charge in [0.05, 0.1) is 16.7 Å². The van der Waals surface area contributed by atoms with E-state index in [1.54, 1.807) is 36.0 Å². The Hall–Kier alpha value is -2.32. The molecule has 1 saturated heterocycles. The van der Waals surface area contributed by atoms with Gasteiger partial charge in [-0.05, 0) is 49.1 Å². The summed E-state index contributed by atoms with van der Waals surface area (Å²) >= 11 is 1.79. The number of piperidine rings is 1. The van der Waals surface area contributed by atoms with E-state index in [0.717, 1.165) is 36.7 Å². The molecule has 0 unspecified atom stereocenters. The van der Waals surface area contributed by atoms with Crippen LogP contribution >= 0.6 is 11.8 Å². The van der Waals surface area contributed by atoms with E-state index in [4.69, 9.17) is 5.26 Å². The normalized spacial score (nSPS) is 15.0. The summed E-state index contributed by atoms with van der Waals surface area (Å²) < 4.78 is 0. The van der Waals surface area contributed by atoms with E-state index in [1.165, 1.54) is 0 Å². The highest BCUT2D eigenvalue weighted by Gasteiger charge is 2.23. The summed E-state index contributed by atoms with van der Waals surface area (Å²) in [6.07, 6.45) is 3.85. The maximum atomic E-state index is 12.6. The van der Waals surface area contributed by atoms with Crippen LogP contribution in [0.2, 0.25) is 0 Å². The van der Waals surface area contributed by atoms with E-state index >= 15 is 0 Å². The first kappa shape index (κ1) is 16.5. The van der Waals surface area contributed by atoms with Gasteiger partial charge in [0.2, 0.25) is 0 Å². The number of amides is 1. The van der Waals surface area contributed by atoms with Crippen LogP contribution in [0.15, 0.2) is 53.7 Å². The zero-order chi connectivity index (χ0) is 16.8. The van der Waals surface area contributed by atoms with Crippen molar-refractivity contribution in [1.82, 2.24) is 9.88 Å². The molecule has 0 atom stereocenters. The van der Waals surface area contributed by atoms with Crippen LogP contribution in [-0.2, 0) is 0 Å². The molecule has 24 heavy (non-hydrogen) atoms. The zero-order valence-corrected chi connectivity index (χ0v) is 14.2. The number of hydrogen-bond acceptors (Lipinski definition) is 4. The summed E-state index contributed by atoms with van der Waals surface area (Å²) in [5.41, 5.74) is 1.14. The van der Waals surface area contributed by atoms with Gasteiger partial charge in [-0.15, -0.1) is 11.8 Å². The Morgan fingerprint density at radius 2 is 2.08 bits per heavy atom. The Kier molecular flexibility index (Phi) is 5.50. The lowest BCUT2D eigenvalue weighted by atomic mass is 9.98. The summed E-state index contributed by atoms with van der Waals surface area (Å²) in [4.78, 5) is 18.8. The Labute approximate surface area is 146 Å². The van der Waals surface area contributed by atoms with Crippen molar-refractivity contribution < 1.29 is 4.79 Å². The molecule has 2 aromatic rings. The van der Waals surface area contributed by atoms with Crippen molar-refractivity contribution in [2.45, 2.75) is 17.9 Å². The molecule has 0 N–H and O–H groups in total. The van der Waals surface area contributed by atoms with Crippen LogP contribution in [0.5, 0.6) is 0 Å². The van der Waals surface area contributed by atoms with Crippen molar-refractivity contribution in [2.24, 2.45) is 5.92 Å². The lowest BCUT2D eigenvalue weighted by Crippen LogP contribution is -2.39. The van der Waals surface area contributed by atoms with Gasteiger partial charge < -0.3 is 4.90 Å². The van der Waals surface area contributed by atoms with Crippen molar-refractivity contribution >= 4 is 17.7 Å². The lowest BCUT2D eigenvalue weighted by molar-refractivity contribution is 0.0698. The second-order valence-electron chi connectivity index (χ2n) is 5.91. The third kappa shape index (κ3) is 4.15. The first-order valence-electron chi connectivity index (χ1n) is 8.09. The van der Waals surface area contributed by atoms with Crippen LogP contribution in [-0.4, -0.2) is 34.6 Å². The van der Waals surface area contributed by atoms with Crippen LogP contribution in [0.1, 0.15) is 28.8 Å². The molecule has 1 aromatic carbocycles. The third-order valence-corrected chi connectivity index (χ3v) is 5.42. The highest BCUT2D eigenvalue weighted by Crippen LogP contribution is 2.26. The van der Waals surface area contributed by atoms with Crippen LogP contribution < -0.4 is 0 Å². The van der Waals surface area contributed by atoms with E-state index < -0.39 is 0 Å². The minimum absolute atomic E-state index is 0.0305. The van der Waals surface area contributed by atoms with Gasteiger partial charge in [0, 0.05) is 30.6 Å². The van der Waals surface area contributed by atoms with Crippen molar-refractivity contribution in [1.29, 1.82) is 5.26 Å². The fourth-order valence-electron chi connectivity index (χ4n) is 2.84. The van der Waals surface area contributed by atoms with Gasteiger partial charge in [-0.1, -0.05) is 12.1 Å². The maximum Gasteiger partial charge on any atom is 0.253 e. The minimum Gasteiger partial charge on any atom is -0.339 e. The summed E-state index contributed by atoms with van der Waals surface area (Å²) in [7, 11) is 0. The van der Waals surface area contributed by atoms with Gasteiger partial charge in [-0.25, -0.2) is 4.98 Å².